The fraction of sp³-hybridized carbons (Fsp3) is 0.357. The molecular weight excluding hydrogens is 566 g/mol. The van der Waals surface area contributed by atoms with E-state index in [1.807, 2.05) is 11.8 Å². The summed E-state index contributed by atoms with van der Waals surface area (Å²) in [6, 6.07) is 24.6. The van der Waals surface area contributed by atoms with E-state index in [1.165, 1.54) is 38.0 Å². The summed E-state index contributed by atoms with van der Waals surface area (Å²) in [5.74, 6) is 0. The highest BCUT2D eigenvalue weighted by molar-refractivity contribution is 7.99. The van der Waals surface area contributed by atoms with E-state index < -0.39 is 0 Å². The first-order chi connectivity index (χ1) is 16.2. The molecule has 0 bridgehead atoms. The number of nitrogens with zero attached hydrogens (tertiary/aromatic N) is 3. The number of anilines is 3. The largest absolute Gasteiger partial charge is 0.367 e. The Morgan fingerprint density at radius 2 is 1.05 bits per heavy atom. The van der Waals surface area contributed by atoms with Crippen LogP contribution in [0.1, 0.15) is 11.1 Å². The van der Waals surface area contributed by atoms with Gasteiger partial charge in [-0.05, 0) is 49.7 Å². The highest BCUT2D eigenvalue weighted by Gasteiger charge is 2.23. The molecule has 0 spiro atoms. The normalized spacial score (nSPS) is 15.0. The van der Waals surface area contributed by atoms with Crippen LogP contribution in [0, 0.1) is 13.8 Å². The van der Waals surface area contributed by atoms with Gasteiger partial charge in [0.25, 0.3) is 0 Å². The van der Waals surface area contributed by atoms with Gasteiger partial charge in [-0.3, -0.25) is 0 Å². The lowest BCUT2D eigenvalue weighted by atomic mass is 10.1. The molecule has 0 saturated carbocycles. The van der Waals surface area contributed by atoms with Gasteiger partial charge in [-0.1, -0.05) is 53.7 Å². The molecule has 0 amide bonds. The second-order valence-electron chi connectivity index (χ2n) is 9.04. The van der Waals surface area contributed by atoms with Crippen LogP contribution in [0.2, 0.25) is 0 Å². The summed E-state index contributed by atoms with van der Waals surface area (Å²) >= 11 is 1.89. The van der Waals surface area contributed by atoms with Crippen molar-refractivity contribution in [2.75, 3.05) is 67.1 Å². The molecule has 2 fully saturated rings. The minimum Gasteiger partial charge on any atom is -0.367 e. The number of para-hydroxylation sites is 3. The third-order valence-electron chi connectivity index (χ3n) is 6.72. The van der Waals surface area contributed by atoms with Crippen molar-refractivity contribution in [3.8, 4) is 0 Å². The summed E-state index contributed by atoms with van der Waals surface area (Å²) in [5.41, 5.74) is 6.80. The molecule has 2 aliphatic rings. The molecule has 0 atom stereocenters. The van der Waals surface area contributed by atoms with Crippen LogP contribution in [0.4, 0.5) is 17.1 Å². The van der Waals surface area contributed by atoms with E-state index in [-0.39, 0.29) is 49.6 Å². The van der Waals surface area contributed by atoms with Gasteiger partial charge in [0.1, 0.15) is 0 Å². The second-order valence-corrected chi connectivity index (χ2v) is 10.1. The molecule has 3 aromatic carbocycles. The van der Waals surface area contributed by atoms with E-state index >= 15 is 0 Å². The summed E-state index contributed by atoms with van der Waals surface area (Å²) < 4.78 is 0. The van der Waals surface area contributed by atoms with Crippen molar-refractivity contribution in [2.45, 2.75) is 23.6 Å². The van der Waals surface area contributed by atoms with Gasteiger partial charge in [0.05, 0.1) is 17.1 Å². The molecule has 0 aliphatic carbocycles. The average Bonchev–Trinajstić information content (AvgIpc) is 2.87. The average molecular weight is 605 g/mol. The smallest absolute Gasteiger partial charge is 0.0605 e. The zero-order valence-electron chi connectivity index (χ0n) is 21.4. The van der Waals surface area contributed by atoms with E-state index in [1.54, 1.807) is 0 Å². The van der Waals surface area contributed by atoms with E-state index in [4.69, 9.17) is 0 Å². The Morgan fingerprint density at radius 3 is 1.62 bits per heavy atom. The van der Waals surface area contributed by atoms with Crippen molar-refractivity contribution in [1.82, 2.24) is 5.32 Å². The van der Waals surface area contributed by atoms with Crippen LogP contribution in [0.25, 0.3) is 0 Å². The quantitative estimate of drug-likeness (QED) is 0.342. The molecule has 204 valence electrons. The van der Waals surface area contributed by atoms with Gasteiger partial charge in [0, 0.05) is 62.1 Å². The highest BCUT2D eigenvalue weighted by atomic mass is 35.5. The molecule has 3 aromatic rings. The Hall–Kier alpha value is -1.47. The van der Waals surface area contributed by atoms with Crippen molar-refractivity contribution < 1.29 is 0 Å². The van der Waals surface area contributed by atoms with E-state index in [0.29, 0.717) is 0 Å². The molecule has 2 heterocycles. The minimum atomic E-state index is 0. The monoisotopic (exact) mass is 602 g/mol. The summed E-state index contributed by atoms with van der Waals surface area (Å²) in [5, 5.41) is 3.47. The first kappa shape index (κ1) is 33.6. The standard InChI is InChI=1S/C28H34N4S.4ClH/c1-22-11-12-27(23(2)21-22)33-28-10-6-5-9-26(28)32-19-17-31(18-20-32)25-8-4-3-7-24(25)30-15-13-29-14-16-30;;;;/h3-12,21,29H,13-20H2,1-2H3;4*1H. The number of aryl methyl sites for hydroxylation is 2. The fourth-order valence-corrected chi connectivity index (χ4v) is 5.97. The number of hydrogen-bond donors (Lipinski definition) is 1. The second kappa shape index (κ2) is 15.8. The molecule has 5 rings (SSSR count). The Balaban J connectivity index is 0.00000171. The number of nitrogens with one attached hydrogen (secondary N) is 1. The van der Waals surface area contributed by atoms with Crippen LogP contribution in [0.5, 0.6) is 0 Å². The van der Waals surface area contributed by atoms with Gasteiger partial charge in [-0.2, -0.15) is 0 Å². The maximum absolute atomic E-state index is 3.47. The van der Waals surface area contributed by atoms with Crippen LogP contribution in [-0.2, 0) is 0 Å². The minimum absolute atomic E-state index is 0. The first-order valence-electron chi connectivity index (χ1n) is 12.1. The topological polar surface area (TPSA) is 21.8 Å². The fourth-order valence-electron chi connectivity index (χ4n) is 4.93. The third kappa shape index (κ3) is 8.01. The van der Waals surface area contributed by atoms with Crippen LogP contribution in [-0.4, -0.2) is 52.4 Å². The Kier molecular flexibility index (Phi) is 14.4. The lowest BCUT2D eigenvalue weighted by Gasteiger charge is -2.40. The molecule has 4 nitrogen and oxygen atoms in total. The number of piperazine rings is 2. The molecule has 2 aliphatic heterocycles. The predicted octanol–water partition coefficient (Wildman–Crippen LogP) is 6.88. The number of rotatable bonds is 5. The van der Waals surface area contributed by atoms with Crippen molar-refractivity contribution >= 4 is 78.5 Å². The van der Waals surface area contributed by atoms with Gasteiger partial charge in [0.15, 0.2) is 0 Å². The van der Waals surface area contributed by atoms with Gasteiger partial charge in [0.2, 0.25) is 0 Å². The SMILES string of the molecule is Cc1ccc(Sc2ccccc2N2CCN(c3ccccc3N3CCNCC3)CC2)c(C)c1.Cl.Cl.Cl.Cl. The van der Waals surface area contributed by atoms with Crippen molar-refractivity contribution in [3.05, 3.63) is 77.9 Å². The first-order valence-corrected chi connectivity index (χ1v) is 12.9. The summed E-state index contributed by atoms with van der Waals surface area (Å²) in [6.45, 7) is 12.9. The third-order valence-corrected chi connectivity index (χ3v) is 7.96. The van der Waals surface area contributed by atoms with Crippen LogP contribution in [0.3, 0.4) is 0 Å². The molecule has 1 N–H and O–H groups in total. The zero-order valence-corrected chi connectivity index (χ0v) is 25.5. The zero-order chi connectivity index (χ0) is 22.6. The maximum atomic E-state index is 3.47. The molecular formula is C28H38Cl4N4S. The summed E-state index contributed by atoms with van der Waals surface area (Å²) in [7, 11) is 0. The molecule has 0 radical (unpaired) electrons. The molecule has 0 unspecified atom stereocenters. The molecule has 2 saturated heterocycles. The van der Waals surface area contributed by atoms with Gasteiger partial charge >= 0.3 is 0 Å². The van der Waals surface area contributed by atoms with Gasteiger partial charge < -0.3 is 20.0 Å². The van der Waals surface area contributed by atoms with E-state index in [2.05, 4.69) is 101 Å². The molecule has 37 heavy (non-hydrogen) atoms. The molecule has 0 aromatic heterocycles. The van der Waals surface area contributed by atoms with Crippen LogP contribution < -0.4 is 20.0 Å². The van der Waals surface area contributed by atoms with E-state index in [0.717, 1.165) is 52.4 Å². The van der Waals surface area contributed by atoms with Gasteiger partial charge in [-0.25, -0.2) is 0 Å². The van der Waals surface area contributed by atoms with E-state index in [9.17, 15) is 0 Å². The lowest BCUT2D eigenvalue weighted by molar-refractivity contribution is 0.587. The Bertz CT molecular complexity index is 1100. The highest BCUT2D eigenvalue weighted by Crippen LogP contribution is 2.38. The van der Waals surface area contributed by atoms with Crippen molar-refractivity contribution in [1.29, 1.82) is 0 Å². The summed E-state index contributed by atoms with van der Waals surface area (Å²) in [6.07, 6.45) is 0. The Morgan fingerprint density at radius 1 is 0.568 bits per heavy atom. The maximum Gasteiger partial charge on any atom is 0.0605 e. The van der Waals surface area contributed by atoms with Crippen molar-refractivity contribution in [3.63, 3.8) is 0 Å². The summed E-state index contributed by atoms with van der Waals surface area (Å²) in [4.78, 5) is 10.4. The molecule has 9 heteroatoms. The van der Waals surface area contributed by atoms with Crippen LogP contribution >= 0.6 is 61.4 Å². The van der Waals surface area contributed by atoms with Crippen LogP contribution in [0.15, 0.2) is 76.5 Å². The Labute approximate surface area is 251 Å². The number of halogens is 4. The van der Waals surface area contributed by atoms with Crippen molar-refractivity contribution in [2.24, 2.45) is 0 Å². The number of hydrogen-bond acceptors (Lipinski definition) is 5. The predicted molar refractivity (Wildman–Crippen MR) is 171 cm³/mol. The van der Waals surface area contributed by atoms with Gasteiger partial charge in [-0.15, -0.1) is 49.6 Å². The lowest BCUT2D eigenvalue weighted by Crippen LogP contribution is -2.48. The number of benzene rings is 3.